The number of sulfonamides is 1. The van der Waals surface area contributed by atoms with E-state index in [2.05, 4.69) is 0 Å². The van der Waals surface area contributed by atoms with Crippen LogP contribution in [0.1, 0.15) is 44.2 Å². The molecule has 0 spiro atoms. The monoisotopic (exact) mass is 364 g/mol. The Morgan fingerprint density at radius 1 is 1.12 bits per heavy atom. The number of morpholine rings is 1. The molecule has 3 atom stereocenters. The van der Waals surface area contributed by atoms with Gasteiger partial charge >= 0.3 is 0 Å². The van der Waals surface area contributed by atoms with Gasteiger partial charge < -0.3 is 9.64 Å². The molecule has 0 saturated carbocycles. The van der Waals surface area contributed by atoms with E-state index in [1.165, 1.54) is 4.31 Å². The lowest BCUT2D eigenvalue weighted by molar-refractivity contribution is -0.119. The van der Waals surface area contributed by atoms with Crippen LogP contribution in [0.25, 0.3) is 0 Å². The topological polar surface area (TPSA) is 66.9 Å². The van der Waals surface area contributed by atoms with E-state index in [4.69, 9.17) is 4.74 Å². The Morgan fingerprint density at radius 2 is 1.80 bits per heavy atom. The molecule has 0 aromatic heterocycles. The molecule has 1 amide bonds. The summed E-state index contributed by atoms with van der Waals surface area (Å²) in [5.74, 6) is -0.191. The van der Waals surface area contributed by atoms with Gasteiger partial charge in [-0.05, 0) is 56.9 Å². The Hall–Kier alpha value is -1.44. The van der Waals surface area contributed by atoms with Gasteiger partial charge in [-0.1, -0.05) is 0 Å². The first kappa shape index (κ1) is 17.0. The van der Waals surface area contributed by atoms with E-state index in [1.54, 1.807) is 12.1 Å². The number of benzene rings is 1. The van der Waals surface area contributed by atoms with Gasteiger partial charge in [-0.3, -0.25) is 4.79 Å². The summed E-state index contributed by atoms with van der Waals surface area (Å²) in [4.78, 5) is 14.6. The Balaban J connectivity index is 1.78. The van der Waals surface area contributed by atoms with Crippen LogP contribution in [-0.2, 0) is 26.0 Å². The summed E-state index contributed by atoms with van der Waals surface area (Å²) >= 11 is 0. The average Bonchev–Trinajstić information content (AvgIpc) is 2.81. The van der Waals surface area contributed by atoms with Crippen molar-refractivity contribution >= 4 is 21.6 Å². The van der Waals surface area contributed by atoms with Crippen LogP contribution in [0.2, 0.25) is 0 Å². The maximum atomic E-state index is 13.2. The number of nitrogens with zero attached hydrogens (tertiary/aromatic N) is 2. The Labute approximate surface area is 148 Å². The highest BCUT2D eigenvalue weighted by Gasteiger charge is 2.40. The van der Waals surface area contributed by atoms with Crippen molar-refractivity contribution in [2.75, 3.05) is 24.5 Å². The molecule has 3 heterocycles. The summed E-state index contributed by atoms with van der Waals surface area (Å²) in [6.07, 6.45) is 1.45. The van der Waals surface area contributed by atoms with E-state index in [0.29, 0.717) is 18.0 Å². The van der Waals surface area contributed by atoms with E-state index >= 15 is 0 Å². The molecular formula is C18H24N2O4S. The summed E-state index contributed by atoms with van der Waals surface area (Å²) in [5, 5.41) is 0. The molecule has 3 aliphatic rings. The maximum Gasteiger partial charge on any atom is 0.243 e. The van der Waals surface area contributed by atoms with Crippen molar-refractivity contribution in [3.05, 3.63) is 23.3 Å². The molecule has 136 valence electrons. The van der Waals surface area contributed by atoms with Crippen molar-refractivity contribution in [3.63, 3.8) is 0 Å². The van der Waals surface area contributed by atoms with Gasteiger partial charge in [0.05, 0.1) is 28.7 Å². The summed E-state index contributed by atoms with van der Waals surface area (Å²) in [7, 11) is -3.59. The quantitative estimate of drug-likeness (QED) is 0.804. The highest BCUT2D eigenvalue weighted by Crippen LogP contribution is 2.44. The van der Waals surface area contributed by atoms with Crippen molar-refractivity contribution in [2.24, 2.45) is 0 Å². The number of aryl methyl sites for hydroxylation is 1. The first-order valence-electron chi connectivity index (χ1n) is 8.93. The number of hydrogen-bond acceptors (Lipinski definition) is 4. The summed E-state index contributed by atoms with van der Waals surface area (Å²) in [5.41, 5.74) is 2.79. The smallest absolute Gasteiger partial charge is 0.243 e. The van der Waals surface area contributed by atoms with Crippen LogP contribution in [0.15, 0.2) is 17.0 Å². The minimum atomic E-state index is -3.59. The van der Waals surface area contributed by atoms with Gasteiger partial charge in [0.25, 0.3) is 0 Å². The molecule has 4 rings (SSSR count). The number of anilines is 1. The summed E-state index contributed by atoms with van der Waals surface area (Å²) in [6, 6.07) is 3.49. The minimum Gasteiger partial charge on any atom is -0.373 e. The molecule has 1 fully saturated rings. The van der Waals surface area contributed by atoms with Gasteiger partial charge in [0, 0.05) is 19.6 Å². The lowest BCUT2D eigenvalue weighted by atomic mass is 9.97. The Morgan fingerprint density at radius 3 is 2.48 bits per heavy atom. The van der Waals surface area contributed by atoms with Crippen LogP contribution in [0, 0.1) is 0 Å². The van der Waals surface area contributed by atoms with Crippen LogP contribution in [0.3, 0.4) is 0 Å². The van der Waals surface area contributed by atoms with Crippen molar-refractivity contribution in [3.8, 4) is 0 Å². The number of carbonyl (C=O) groups is 1. The first-order chi connectivity index (χ1) is 11.8. The van der Waals surface area contributed by atoms with Crippen LogP contribution in [0.5, 0.6) is 0 Å². The molecule has 0 bridgehead atoms. The van der Waals surface area contributed by atoms with Gasteiger partial charge in [0.15, 0.2) is 0 Å². The summed E-state index contributed by atoms with van der Waals surface area (Å²) in [6.45, 7) is 7.10. The molecule has 6 nitrogen and oxygen atoms in total. The van der Waals surface area contributed by atoms with Crippen molar-refractivity contribution in [1.29, 1.82) is 0 Å². The second-order valence-corrected chi connectivity index (χ2v) is 9.35. The van der Waals surface area contributed by atoms with Crippen LogP contribution >= 0.6 is 0 Å². The van der Waals surface area contributed by atoms with Crippen molar-refractivity contribution in [1.82, 2.24) is 4.31 Å². The highest BCUT2D eigenvalue weighted by molar-refractivity contribution is 7.89. The van der Waals surface area contributed by atoms with E-state index in [1.807, 2.05) is 25.7 Å². The molecule has 0 radical (unpaired) electrons. The standard InChI is InChI=1S/C18H24N2O4S/c1-11-9-19(10-12(2)24-11)25(22,23)15-7-14-5-4-6-20-17(14)16(8-15)13(3)18(20)21/h7-8,11-13H,4-6,9-10H2,1-3H3/t11-,12+,13-/m0/s1. The largest absolute Gasteiger partial charge is 0.373 e. The van der Waals surface area contributed by atoms with Crippen LogP contribution in [0.4, 0.5) is 5.69 Å². The van der Waals surface area contributed by atoms with Crippen molar-refractivity contribution < 1.29 is 17.9 Å². The molecule has 7 heteroatoms. The molecule has 0 aliphatic carbocycles. The first-order valence-corrected chi connectivity index (χ1v) is 10.4. The normalized spacial score (nSPS) is 29.8. The van der Waals surface area contributed by atoms with E-state index in [0.717, 1.165) is 36.2 Å². The molecule has 25 heavy (non-hydrogen) atoms. The predicted molar refractivity (Wildman–Crippen MR) is 94.3 cm³/mol. The van der Waals surface area contributed by atoms with Gasteiger partial charge in [-0.25, -0.2) is 8.42 Å². The lowest BCUT2D eigenvalue weighted by Crippen LogP contribution is -2.48. The number of ether oxygens (including phenoxy) is 1. The predicted octanol–water partition coefficient (Wildman–Crippen LogP) is 1.88. The van der Waals surface area contributed by atoms with Crippen molar-refractivity contribution in [2.45, 2.75) is 56.6 Å². The Kier molecular flexibility index (Phi) is 3.94. The second kappa shape index (κ2) is 5.79. The number of carbonyl (C=O) groups excluding carboxylic acids is 1. The second-order valence-electron chi connectivity index (χ2n) is 7.41. The van der Waals surface area contributed by atoms with E-state index in [9.17, 15) is 13.2 Å². The van der Waals surface area contributed by atoms with E-state index in [-0.39, 0.29) is 24.0 Å². The SMILES string of the molecule is C[C@@H]1CN(S(=O)(=O)c2cc3c4c(c2)[C@H](C)C(=O)N4CCC3)C[C@H](C)O1. The molecule has 1 aromatic rings. The number of rotatable bonds is 2. The third kappa shape index (κ3) is 2.60. The fourth-order valence-electron chi connectivity index (χ4n) is 4.29. The van der Waals surface area contributed by atoms with Gasteiger partial charge in [0.2, 0.25) is 15.9 Å². The Bertz CT molecular complexity index is 826. The zero-order valence-corrected chi connectivity index (χ0v) is 15.7. The molecule has 0 unspecified atom stereocenters. The fourth-order valence-corrected chi connectivity index (χ4v) is 5.97. The fraction of sp³-hybridized carbons (Fsp3) is 0.611. The van der Waals surface area contributed by atoms with Gasteiger partial charge in [0.1, 0.15) is 0 Å². The minimum absolute atomic E-state index is 0.0825. The number of amides is 1. The molecule has 3 aliphatic heterocycles. The van der Waals surface area contributed by atoms with Gasteiger partial charge in [-0.2, -0.15) is 4.31 Å². The number of hydrogen-bond donors (Lipinski definition) is 0. The molecule has 1 saturated heterocycles. The summed E-state index contributed by atoms with van der Waals surface area (Å²) < 4.78 is 33.6. The zero-order valence-electron chi connectivity index (χ0n) is 14.9. The zero-order chi connectivity index (χ0) is 17.9. The van der Waals surface area contributed by atoms with Gasteiger partial charge in [-0.15, -0.1) is 0 Å². The van der Waals surface area contributed by atoms with E-state index < -0.39 is 10.0 Å². The van der Waals surface area contributed by atoms with Crippen LogP contribution < -0.4 is 4.90 Å². The molecule has 0 N–H and O–H groups in total. The third-order valence-corrected chi connectivity index (χ3v) is 7.23. The highest BCUT2D eigenvalue weighted by atomic mass is 32.2. The molecule has 1 aromatic carbocycles. The lowest BCUT2D eigenvalue weighted by Gasteiger charge is -2.34. The average molecular weight is 364 g/mol. The maximum absolute atomic E-state index is 13.2. The third-order valence-electron chi connectivity index (χ3n) is 5.42. The van der Waals surface area contributed by atoms with Crippen LogP contribution in [-0.4, -0.2) is 50.5 Å². The molecular weight excluding hydrogens is 340 g/mol.